The van der Waals surface area contributed by atoms with Gasteiger partial charge in [-0.15, -0.1) is 0 Å². The van der Waals surface area contributed by atoms with E-state index in [0.29, 0.717) is 23.6 Å². The molecule has 1 saturated heterocycles. The van der Waals surface area contributed by atoms with Crippen LogP contribution in [0.4, 0.5) is 0 Å². The summed E-state index contributed by atoms with van der Waals surface area (Å²) in [5.41, 5.74) is 1.98. The zero-order valence-corrected chi connectivity index (χ0v) is 22.7. The number of likely N-dealkylation sites (tertiary alicyclic amines) is 1. The second-order valence-corrected chi connectivity index (χ2v) is 12.7. The summed E-state index contributed by atoms with van der Waals surface area (Å²) < 4.78 is 12.9. The number of nitrogens with zero attached hydrogens (tertiary/aromatic N) is 1. The summed E-state index contributed by atoms with van der Waals surface area (Å²) >= 11 is 6.38. The Balaban J connectivity index is 2.23. The highest BCUT2D eigenvalue weighted by atomic mass is 35.5. The smallest absolute Gasteiger partial charge is 0.304 e. The van der Waals surface area contributed by atoms with Crippen molar-refractivity contribution >= 4 is 34.3 Å². The van der Waals surface area contributed by atoms with Gasteiger partial charge in [-0.05, 0) is 43.0 Å². The molecule has 5 atom stereocenters. The molecule has 35 heavy (non-hydrogen) atoms. The molecule has 0 aliphatic carbocycles. The van der Waals surface area contributed by atoms with E-state index in [2.05, 4.69) is 0 Å². The number of carboxylic acids is 1. The number of aryl methyl sites for hydroxylation is 1. The first-order valence-corrected chi connectivity index (χ1v) is 14.0. The normalized spacial score (nSPS) is 24.4. The minimum atomic E-state index is -1.12. The van der Waals surface area contributed by atoms with Gasteiger partial charge in [-0.2, -0.15) is 0 Å². The number of piperidine rings is 1. The Morgan fingerprint density at radius 2 is 1.86 bits per heavy atom. The number of hydrogen-bond donors (Lipinski definition) is 1. The highest BCUT2D eigenvalue weighted by Crippen LogP contribution is 2.52. The molecule has 3 rings (SSSR count). The van der Waals surface area contributed by atoms with E-state index in [0.717, 1.165) is 16.7 Å². The fourth-order valence-corrected chi connectivity index (χ4v) is 6.52. The van der Waals surface area contributed by atoms with Gasteiger partial charge in [-0.25, -0.2) is 0 Å². The third-order valence-corrected chi connectivity index (χ3v) is 9.09. The molecule has 1 heterocycles. The molecule has 0 bridgehead atoms. The maximum Gasteiger partial charge on any atom is 0.304 e. The fourth-order valence-electron chi connectivity index (χ4n) is 5.16. The first kappa shape index (κ1) is 27.4. The average Bonchev–Trinajstić information content (AvgIpc) is 2.79. The largest absolute Gasteiger partial charge is 0.481 e. The van der Waals surface area contributed by atoms with Crippen molar-refractivity contribution in [2.24, 2.45) is 5.41 Å². The Morgan fingerprint density at radius 3 is 2.40 bits per heavy atom. The van der Waals surface area contributed by atoms with Gasteiger partial charge in [0.05, 0.1) is 17.9 Å². The van der Waals surface area contributed by atoms with Crippen LogP contribution in [0.3, 0.4) is 0 Å². The van der Waals surface area contributed by atoms with E-state index in [1.807, 2.05) is 81.1 Å². The third kappa shape index (κ3) is 6.15. The van der Waals surface area contributed by atoms with Gasteiger partial charge in [-0.1, -0.05) is 81.3 Å². The molecule has 2 aromatic carbocycles. The zero-order chi connectivity index (χ0) is 25.9. The Bertz CT molecular complexity index is 1090. The van der Waals surface area contributed by atoms with Crippen LogP contribution in [0.1, 0.15) is 75.6 Å². The molecule has 190 valence electrons. The first-order chi connectivity index (χ1) is 16.5. The zero-order valence-electron chi connectivity index (χ0n) is 21.2. The molecule has 1 unspecified atom stereocenters. The summed E-state index contributed by atoms with van der Waals surface area (Å²) in [4.78, 5) is 27.9. The lowest BCUT2D eigenvalue weighted by atomic mass is 9.67. The van der Waals surface area contributed by atoms with Gasteiger partial charge in [0.2, 0.25) is 5.91 Å². The highest BCUT2D eigenvalue weighted by Gasteiger charge is 2.52. The minimum Gasteiger partial charge on any atom is -0.481 e. The van der Waals surface area contributed by atoms with E-state index in [4.69, 9.17) is 11.6 Å². The summed E-state index contributed by atoms with van der Waals surface area (Å²) in [5, 5.41) is 10.3. The lowest BCUT2D eigenvalue weighted by Gasteiger charge is -2.52. The molecule has 1 aliphatic heterocycles. The summed E-state index contributed by atoms with van der Waals surface area (Å²) in [6.07, 6.45) is 0.749. The molecule has 0 radical (unpaired) electrons. The van der Waals surface area contributed by atoms with Gasteiger partial charge in [0.15, 0.2) is 0 Å². The van der Waals surface area contributed by atoms with Gasteiger partial charge >= 0.3 is 5.97 Å². The van der Waals surface area contributed by atoms with Gasteiger partial charge < -0.3 is 10.0 Å². The predicted octanol–water partition coefficient (Wildman–Crippen LogP) is 6.12. The maximum absolute atomic E-state index is 14.2. The van der Waals surface area contributed by atoms with Crippen LogP contribution in [0.25, 0.3) is 0 Å². The van der Waals surface area contributed by atoms with E-state index in [1.54, 1.807) is 6.92 Å². The number of carboxylic acid groups (broad SMARTS) is 1. The number of amides is 1. The Kier molecular flexibility index (Phi) is 8.81. The van der Waals surface area contributed by atoms with E-state index >= 15 is 0 Å². The number of rotatable bonds is 9. The molecular formula is C28H36ClNO4S. The quantitative estimate of drug-likeness (QED) is 0.434. The van der Waals surface area contributed by atoms with Crippen LogP contribution in [0.5, 0.6) is 0 Å². The molecule has 1 amide bonds. The van der Waals surface area contributed by atoms with Crippen molar-refractivity contribution in [2.75, 3.05) is 5.75 Å². The summed E-state index contributed by atoms with van der Waals surface area (Å²) in [6, 6.07) is 15.2. The molecule has 1 fully saturated rings. The lowest BCUT2D eigenvalue weighted by Crippen LogP contribution is -2.57. The van der Waals surface area contributed by atoms with Crippen LogP contribution in [0.15, 0.2) is 48.5 Å². The van der Waals surface area contributed by atoms with E-state index < -0.39 is 22.2 Å². The Morgan fingerprint density at radius 1 is 1.20 bits per heavy atom. The number of benzene rings is 2. The molecule has 0 aromatic heterocycles. The number of carbonyl (C=O) groups is 2. The van der Waals surface area contributed by atoms with E-state index in [1.165, 1.54) is 0 Å². The van der Waals surface area contributed by atoms with Crippen molar-refractivity contribution < 1.29 is 18.9 Å². The second-order valence-electron chi connectivity index (χ2n) is 10.2. The van der Waals surface area contributed by atoms with Crippen molar-refractivity contribution in [3.05, 3.63) is 70.2 Å². The summed E-state index contributed by atoms with van der Waals surface area (Å²) in [5.74, 6) is -0.997. The standard InChI is InChI=1S/C28H36ClNO4S/c1-6-23(17-35(34)18(2)3)30-26(20-12-10-19(4)11-13-20)24(21-8-7-9-22(29)14-21)15-28(5,27(30)33)16-25(31)32/h7-14,18,23-24,26H,6,15-17H2,1-5H3,(H,31,32)/t23?,24-,26-,28-,35-/m1/s1. The number of carbonyl (C=O) groups excluding carboxylic acids is 1. The third-order valence-electron chi connectivity index (χ3n) is 7.09. The van der Waals surface area contributed by atoms with Gasteiger partial charge in [0, 0.05) is 38.8 Å². The maximum atomic E-state index is 14.2. The van der Waals surface area contributed by atoms with Gasteiger partial charge in [-0.3, -0.25) is 13.8 Å². The van der Waals surface area contributed by atoms with Crippen molar-refractivity contribution in [3.63, 3.8) is 0 Å². The monoisotopic (exact) mass is 517 g/mol. The Hall–Kier alpha value is -2.18. The fraction of sp³-hybridized carbons (Fsp3) is 0.500. The number of aliphatic carboxylic acids is 1. The van der Waals surface area contributed by atoms with Gasteiger partial charge in [0.1, 0.15) is 0 Å². The first-order valence-electron chi connectivity index (χ1n) is 12.2. The molecule has 0 spiro atoms. The van der Waals surface area contributed by atoms with Crippen molar-refractivity contribution in [3.8, 4) is 0 Å². The van der Waals surface area contributed by atoms with Crippen LogP contribution in [0, 0.1) is 12.3 Å². The highest BCUT2D eigenvalue weighted by molar-refractivity contribution is 7.85. The van der Waals surface area contributed by atoms with Crippen LogP contribution >= 0.6 is 11.6 Å². The van der Waals surface area contributed by atoms with Crippen molar-refractivity contribution in [1.82, 2.24) is 4.90 Å². The van der Waals surface area contributed by atoms with Crippen LogP contribution in [-0.4, -0.2) is 43.1 Å². The molecule has 7 heteroatoms. The topological polar surface area (TPSA) is 74.7 Å². The molecule has 1 aliphatic rings. The molecule has 0 saturated carbocycles. The summed E-state index contributed by atoms with van der Waals surface area (Å²) in [6.45, 7) is 9.61. The van der Waals surface area contributed by atoms with Crippen molar-refractivity contribution in [1.29, 1.82) is 0 Å². The average molecular weight is 518 g/mol. The molecule has 5 nitrogen and oxygen atoms in total. The predicted molar refractivity (Wildman–Crippen MR) is 142 cm³/mol. The molecule has 1 N–H and O–H groups in total. The van der Waals surface area contributed by atoms with Crippen LogP contribution < -0.4 is 0 Å². The number of hydrogen-bond acceptors (Lipinski definition) is 3. The lowest BCUT2D eigenvalue weighted by molar-refractivity contribution is -0.160. The van der Waals surface area contributed by atoms with Crippen LogP contribution in [0.2, 0.25) is 5.02 Å². The summed E-state index contributed by atoms with van der Waals surface area (Å²) in [7, 11) is -1.12. The minimum absolute atomic E-state index is 0.0316. The van der Waals surface area contributed by atoms with Crippen molar-refractivity contribution in [2.45, 2.75) is 77.1 Å². The molecule has 2 aromatic rings. The van der Waals surface area contributed by atoms with E-state index in [-0.39, 0.29) is 35.6 Å². The van der Waals surface area contributed by atoms with Crippen LogP contribution in [-0.2, 0) is 20.4 Å². The number of halogens is 1. The Labute approximate surface area is 216 Å². The van der Waals surface area contributed by atoms with E-state index in [9.17, 15) is 18.9 Å². The molecular weight excluding hydrogens is 482 g/mol. The van der Waals surface area contributed by atoms with Gasteiger partial charge in [0.25, 0.3) is 0 Å². The second kappa shape index (κ2) is 11.3. The SMILES string of the molecule is CCC(C[S@@](=O)C(C)C)N1C(=O)[C@@](C)(CC(=O)O)C[C@H](c2cccc(Cl)c2)[C@H]1c1ccc(C)cc1.